The van der Waals surface area contributed by atoms with Gasteiger partial charge in [-0.2, -0.15) is 0 Å². The first-order valence-electron chi connectivity index (χ1n) is 8.47. The van der Waals surface area contributed by atoms with Crippen LogP contribution in [0.3, 0.4) is 0 Å². The summed E-state index contributed by atoms with van der Waals surface area (Å²) < 4.78 is 24.5. The maximum atomic E-state index is 13.8. The van der Waals surface area contributed by atoms with Crippen molar-refractivity contribution in [2.45, 2.75) is 6.54 Å². The molecule has 0 spiro atoms. The molecular formula is C22H20FNO3. The molecule has 0 saturated carbocycles. The summed E-state index contributed by atoms with van der Waals surface area (Å²) in [5.41, 5.74) is 1.18. The lowest BCUT2D eigenvalue weighted by atomic mass is 10.1. The van der Waals surface area contributed by atoms with Gasteiger partial charge in [-0.3, -0.25) is 4.79 Å². The van der Waals surface area contributed by atoms with E-state index in [4.69, 9.17) is 9.47 Å². The van der Waals surface area contributed by atoms with Crippen LogP contribution in [0.5, 0.6) is 17.2 Å². The van der Waals surface area contributed by atoms with E-state index in [1.165, 1.54) is 18.1 Å². The van der Waals surface area contributed by atoms with Crippen LogP contribution in [0, 0.1) is 5.82 Å². The van der Waals surface area contributed by atoms with Crippen LogP contribution in [0.15, 0.2) is 72.8 Å². The summed E-state index contributed by atoms with van der Waals surface area (Å²) in [4.78, 5) is 14.2. The Morgan fingerprint density at radius 2 is 1.70 bits per heavy atom. The predicted octanol–water partition coefficient (Wildman–Crippen LogP) is 4.90. The third-order valence-electron chi connectivity index (χ3n) is 4.04. The zero-order chi connectivity index (χ0) is 19.2. The number of ether oxygens (including phenoxy) is 2. The topological polar surface area (TPSA) is 38.8 Å². The first-order valence-corrected chi connectivity index (χ1v) is 8.47. The molecule has 3 rings (SSSR count). The fourth-order valence-corrected chi connectivity index (χ4v) is 2.69. The highest BCUT2D eigenvalue weighted by Crippen LogP contribution is 2.23. The molecule has 0 heterocycles. The molecule has 0 aromatic heterocycles. The van der Waals surface area contributed by atoms with Gasteiger partial charge in [0.15, 0.2) is 11.6 Å². The monoisotopic (exact) mass is 365 g/mol. The van der Waals surface area contributed by atoms with Crippen molar-refractivity contribution in [3.05, 3.63) is 89.7 Å². The minimum Gasteiger partial charge on any atom is -0.494 e. The van der Waals surface area contributed by atoms with Crippen molar-refractivity contribution in [3.8, 4) is 17.2 Å². The minimum absolute atomic E-state index is 0.176. The molecule has 1 amide bonds. The van der Waals surface area contributed by atoms with Gasteiger partial charge in [-0.15, -0.1) is 0 Å². The zero-order valence-corrected chi connectivity index (χ0v) is 15.2. The van der Waals surface area contributed by atoms with Crippen molar-refractivity contribution in [2.24, 2.45) is 0 Å². The van der Waals surface area contributed by atoms with Crippen molar-refractivity contribution < 1.29 is 18.7 Å². The maximum Gasteiger partial charge on any atom is 0.254 e. The number of methoxy groups -OCH3 is 1. The van der Waals surface area contributed by atoms with E-state index >= 15 is 0 Å². The van der Waals surface area contributed by atoms with Gasteiger partial charge in [0.2, 0.25) is 0 Å². The molecule has 3 aromatic carbocycles. The number of amides is 1. The van der Waals surface area contributed by atoms with Gasteiger partial charge in [0.1, 0.15) is 11.5 Å². The average Bonchev–Trinajstić information content (AvgIpc) is 2.68. The van der Waals surface area contributed by atoms with Crippen molar-refractivity contribution in [1.29, 1.82) is 0 Å². The van der Waals surface area contributed by atoms with Crippen molar-refractivity contribution >= 4 is 5.91 Å². The Morgan fingerprint density at radius 3 is 2.41 bits per heavy atom. The lowest BCUT2D eigenvalue weighted by Gasteiger charge is -2.18. The molecule has 0 atom stereocenters. The number of rotatable bonds is 6. The minimum atomic E-state index is -0.450. The van der Waals surface area contributed by atoms with Crippen LogP contribution >= 0.6 is 0 Å². The van der Waals surface area contributed by atoms with Crippen LogP contribution in [-0.2, 0) is 6.54 Å². The summed E-state index contributed by atoms with van der Waals surface area (Å²) in [6, 6.07) is 21.0. The Kier molecular flexibility index (Phi) is 5.71. The molecule has 138 valence electrons. The number of para-hydroxylation sites is 1. The summed E-state index contributed by atoms with van der Waals surface area (Å²) in [7, 11) is 3.09. The fraction of sp³-hybridized carbons (Fsp3) is 0.136. The SMILES string of the molecule is COc1ccc(CN(C)C(=O)c2cccc(Oc3ccccc3)c2)cc1F. The molecule has 0 aliphatic heterocycles. The molecule has 0 N–H and O–H groups in total. The third kappa shape index (κ3) is 4.64. The molecular weight excluding hydrogens is 345 g/mol. The summed E-state index contributed by atoms with van der Waals surface area (Å²) in [5, 5.41) is 0. The summed E-state index contributed by atoms with van der Waals surface area (Å²) in [6.45, 7) is 0.281. The van der Waals surface area contributed by atoms with Crippen LogP contribution < -0.4 is 9.47 Å². The van der Waals surface area contributed by atoms with Gasteiger partial charge in [0.05, 0.1) is 7.11 Å². The van der Waals surface area contributed by atoms with E-state index in [-0.39, 0.29) is 18.2 Å². The molecule has 4 nitrogen and oxygen atoms in total. The molecule has 0 saturated heterocycles. The highest BCUT2D eigenvalue weighted by Gasteiger charge is 2.14. The number of halogens is 1. The van der Waals surface area contributed by atoms with Crippen molar-refractivity contribution in [3.63, 3.8) is 0 Å². The second kappa shape index (κ2) is 8.36. The van der Waals surface area contributed by atoms with Crippen LogP contribution in [0.25, 0.3) is 0 Å². The van der Waals surface area contributed by atoms with E-state index in [0.29, 0.717) is 22.6 Å². The first-order chi connectivity index (χ1) is 13.1. The molecule has 0 aliphatic carbocycles. The van der Waals surface area contributed by atoms with Crippen molar-refractivity contribution in [2.75, 3.05) is 14.2 Å². The highest BCUT2D eigenvalue weighted by atomic mass is 19.1. The fourth-order valence-electron chi connectivity index (χ4n) is 2.69. The van der Waals surface area contributed by atoms with E-state index in [1.807, 2.05) is 30.3 Å². The molecule has 0 aliphatic rings. The predicted molar refractivity (Wildman–Crippen MR) is 102 cm³/mol. The Hall–Kier alpha value is -3.34. The van der Waals surface area contributed by atoms with Gasteiger partial charge in [0.25, 0.3) is 5.91 Å². The number of nitrogens with zero attached hydrogens (tertiary/aromatic N) is 1. The average molecular weight is 365 g/mol. The number of carbonyl (C=O) groups is 1. The van der Waals surface area contributed by atoms with Gasteiger partial charge in [-0.1, -0.05) is 30.3 Å². The second-order valence-corrected chi connectivity index (χ2v) is 6.07. The van der Waals surface area contributed by atoms with E-state index < -0.39 is 5.82 Å². The van der Waals surface area contributed by atoms with Gasteiger partial charge < -0.3 is 14.4 Å². The number of carbonyl (C=O) groups excluding carboxylic acids is 1. The van der Waals surface area contributed by atoms with Crippen LogP contribution in [0.2, 0.25) is 0 Å². The molecule has 5 heteroatoms. The summed E-state index contributed by atoms with van der Waals surface area (Å²) in [6.07, 6.45) is 0. The molecule has 0 radical (unpaired) electrons. The van der Waals surface area contributed by atoms with E-state index in [0.717, 1.165) is 0 Å². The van der Waals surface area contributed by atoms with Crippen LogP contribution in [0.1, 0.15) is 15.9 Å². The zero-order valence-electron chi connectivity index (χ0n) is 15.2. The van der Waals surface area contributed by atoms with E-state index in [9.17, 15) is 9.18 Å². The van der Waals surface area contributed by atoms with Gasteiger partial charge in [-0.25, -0.2) is 4.39 Å². The Balaban J connectivity index is 1.71. The molecule has 27 heavy (non-hydrogen) atoms. The molecule has 0 fully saturated rings. The molecule has 0 unspecified atom stereocenters. The maximum absolute atomic E-state index is 13.8. The normalized spacial score (nSPS) is 10.3. The number of hydrogen-bond donors (Lipinski definition) is 0. The highest BCUT2D eigenvalue weighted by molar-refractivity contribution is 5.94. The van der Waals surface area contributed by atoms with E-state index in [1.54, 1.807) is 43.4 Å². The van der Waals surface area contributed by atoms with Gasteiger partial charge in [0, 0.05) is 19.2 Å². The Morgan fingerprint density at radius 1 is 0.963 bits per heavy atom. The summed E-state index contributed by atoms with van der Waals surface area (Å²) in [5.74, 6) is 0.831. The summed E-state index contributed by atoms with van der Waals surface area (Å²) >= 11 is 0. The van der Waals surface area contributed by atoms with Gasteiger partial charge in [-0.05, 0) is 48.0 Å². The lowest BCUT2D eigenvalue weighted by molar-refractivity contribution is 0.0784. The Bertz CT molecular complexity index is 928. The lowest BCUT2D eigenvalue weighted by Crippen LogP contribution is -2.26. The van der Waals surface area contributed by atoms with Crippen LogP contribution in [-0.4, -0.2) is 25.0 Å². The third-order valence-corrected chi connectivity index (χ3v) is 4.04. The Labute approximate surface area is 157 Å². The second-order valence-electron chi connectivity index (χ2n) is 6.07. The first kappa shape index (κ1) is 18.5. The van der Waals surface area contributed by atoms with Crippen LogP contribution in [0.4, 0.5) is 4.39 Å². The smallest absolute Gasteiger partial charge is 0.254 e. The number of benzene rings is 3. The number of hydrogen-bond acceptors (Lipinski definition) is 3. The quantitative estimate of drug-likeness (QED) is 0.624. The largest absolute Gasteiger partial charge is 0.494 e. The molecule has 3 aromatic rings. The standard InChI is InChI=1S/C22H20FNO3/c1-24(15-16-11-12-21(26-2)20(23)13-16)22(25)17-7-6-10-19(14-17)27-18-8-4-3-5-9-18/h3-14H,15H2,1-2H3. The van der Waals surface area contributed by atoms with Crippen molar-refractivity contribution in [1.82, 2.24) is 4.90 Å². The molecule has 0 bridgehead atoms. The van der Waals surface area contributed by atoms with Gasteiger partial charge >= 0.3 is 0 Å². The van der Waals surface area contributed by atoms with E-state index in [2.05, 4.69) is 0 Å².